The van der Waals surface area contributed by atoms with E-state index in [9.17, 15) is 4.79 Å². The smallest absolute Gasteiger partial charge is 0.306 e. The highest BCUT2D eigenvalue weighted by molar-refractivity contribution is 5.70. The number of methoxy groups -OCH3 is 1. The Labute approximate surface area is 95.0 Å². The van der Waals surface area contributed by atoms with Crippen LogP contribution in [0.2, 0.25) is 0 Å². The second kappa shape index (κ2) is 5.03. The van der Waals surface area contributed by atoms with Gasteiger partial charge in [0.15, 0.2) is 0 Å². The maximum Gasteiger partial charge on any atom is 0.306 e. The van der Waals surface area contributed by atoms with Crippen molar-refractivity contribution in [3.05, 3.63) is 24.3 Å². The van der Waals surface area contributed by atoms with Crippen molar-refractivity contribution in [2.24, 2.45) is 5.73 Å². The second-order valence-electron chi connectivity index (χ2n) is 4.29. The number of hydrogen-bond acceptors (Lipinski definition) is 5. The maximum atomic E-state index is 11.3. The summed E-state index contributed by atoms with van der Waals surface area (Å²) in [7, 11) is 1.36. The fraction of sp³-hybridized carbons (Fsp3) is 0.545. The summed E-state index contributed by atoms with van der Waals surface area (Å²) in [5.41, 5.74) is 6.26. The molecule has 1 aromatic heterocycles. The summed E-state index contributed by atoms with van der Waals surface area (Å²) in [6.45, 7) is 3.73. The molecule has 0 aliphatic heterocycles. The van der Waals surface area contributed by atoms with E-state index in [1.54, 1.807) is 12.3 Å². The molecule has 0 saturated carbocycles. The summed E-state index contributed by atoms with van der Waals surface area (Å²) in [5, 5.41) is 0. The van der Waals surface area contributed by atoms with Gasteiger partial charge in [0.05, 0.1) is 13.5 Å². The predicted octanol–water partition coefficient (Wildman–Crippen LogP) is 0.861. The minimum atomic E-state index is -0.539. The van der Waals surface area contributed by atoms with E-state index < -0.39 is 5.54 Å². The Balaban J connectivity index is 2.93. The molecule has 0 radical (unpaired) electrons. The molecule has 0 spiro atoms. The van der Waals surface area contributed by atoms with E-state index in [0.29, 0.717) is 0 Å². The van der Waals surface area contributed by atoms with Gasteiger partial charge in [-0.25, -0.2) is 9.97 Å². The van der Waals surface area contributed by atoms with Crippen LogP contribution in [0.15, 0.2) is 18.6 Å². The molecule has 0 aromatic carbocycles. The zero-order valence-electron chi connectivity index (χ0n) is 9.80. The first-order chi connectivity index (χ1) is 7.45. The maximum absolute atomic E-state index is 11.3. The molecular formula is C11H17N3O2. The lowest BCUT2D eigenvalue weighted by molar-refractivity contribution is -0.141. The lowest BCUT2D eigenvalue weighted by atomic mass is 9.83. The van der Waals surface area contributed by atoms with Crippen LogP contribution in [-0.4, -0.2) is 28.6 Å². The van der Waals surface area contributed by atoms with Gasteiger partial charge in [0, 0.05) is 23.3 Å². The van der Waals surface area contributed by atoms with Crippen molar-refractivity contribution in [3.63, 3.8) is 0 Å². The lowest BCUT2D eigenvalue weighted by Crippen LogP contribution is -2.40. The molecule has 1 unspecified atom stereocenters. The first-order valence-corrected chi connectivity index (χ1v) is 5.06. The highest BCUT2D eigenvalue weighted by atomic mass is 16.5. The third kappa shape index (κ3) is 3.27. The van der Waals surface area contributed by atoms with Gasteiger partial charge in [-0.1, -0.05) is 0 Å². The second-order valence-corrected chi connectivity index (χ2v) is 4.29. The fourth-order valence-corrected chi connectivity index (χ4v) is 1.51. The van der Waals surface area contributed by atoms with Crippen LogP contribution in [0.25, 0.3) is 0 Å². The number of carbonyl (C=O) groups is 1. The van der Waals surface area contributed by atoms with Gasteiger partial charge in [0.2, 0.25) is 0 Å². The summed E-state index contributed by atoms with van der Waals surface area (Å²) in [6, 6.07) is 1.77. The van der Waals surface area contributed by atoms with Crippen molar-refractivity contribution in [1.82, 2.24) is 9.97 Å². The molecular weight excluding hydrogens is 206 g/mol. The van der Waals surface area contributed by atoms with E-state index in [-0.39, 0.29) is 18.3 Å². The molecule has 0 aliphatic rings. The lowest BCUT2D eigenvalue weighted by Gasteiger charge is -2.29. The molecule has 0 saturated heterocycles. The molecule has 0 bridgehead atoms. The number of esters is 1. The molecule has 1 rings (SSSR count). The van der Waals surface area contributed by atoms with Crippen molar-refractivity contribution in [3.8, 4) is 0 Å². The highest BCUT2D eigenvalue weighted by Gasteiger charge is 2.30. The zero-order chi connectivity index (χ0) is 12.2. The Kier molecular flexibility index (Phi) is 3.95. The van der Waals surface area contributed by atoms with Crippen LogP contribution in [-0.2, 0) is 9.53 Å². The zero-order valence-corrected chi connectivity index (χ0v) is 9.80. The molecule has 0 aliphatic carbocycles. The number of rotatable bonds is 4. The number of hydrogen-bond donors (Lipinski definition) is 1. The first-order valence-electron chi connectivity index (χ1n) is 5.06. The van der Waals surface area contributed by atoms with Gasteiger partial charge in [-0.15, -0.1) is 0 Å². The SMILES string of the molecule is COC(=O)CC(c1ccncn1)C(C)(C)N. The van der Waals surface area contributed by atoms with Gasteiger partial charge in [-0.3, -0.25) is 4.79 Å². The average Bonchev–Trinajstić information content (AvgIpc) is 2.25. The van der Waals surface area contributed by atoms with Gasteiger partial charge in [0.1, 0.15) is 6.33 Å². The minimum absolute atomic E-state index is 0.178. The van der Waals surface area contributed by atoms with Crippen LogP contribution >= 0.6 is 0 Å². The molecule has 0 amide bonds. The number of aromatic nitrogens is 2. The Hall–Kier alpha value is -1.49. The third-order valence-corrected chi connectivity index (χ3v) is 2.46. The molecule has 5 nitrogen and oxygen atoms in total. The molecule has 0 fully saturated rings. The fourth-order valence-electron chi connectivity index (χ4n) is 1.51. The topological polar surface area (TPSA) is 78.1 Å². The van der Waals surface area contributed by atoms with Crippen LogP contribution in [0.4, 0.5) is 0 Å². The Morgan fingerprint density at radius 3 is 2.75 bits per heavy atom. The Bertz CT molecular complexity index is 346. The Morgan fingerprint density at radius 1 is 1.62 bits per heavy atom. The normalized spacial score (nSPS) is 13.2. The van der Waals surface area contributed by atoms with Crippen LogP contribution in [0.5, 0.6) is 0 Å². The number of nitrogens with two attached hydrogens (primary N) is 1. The molecule has 2 N–H and O–H groups in total. The summed E-state index contributed by atoms with van der Waals surface area (Å²) >= 11 is 0. The summed E-state index contributed by atoms with van der Waals surface area (Å²) in [4.78, 5) is 19.3. The molecule has 5 heteroatoms. The van der Waals surface area contributed by atoms with Crippen molar-refractivity contribution in [2.75, 3.05) is 7.11 Å². The molecule has 16 heavy (non-hydrogen) atoms. The summed E-state index contributed by atoms with van der Waals surface area (Å²) in [6.07, 6.45) is 3.31. The van der Waals surface area contributed by atoms with Gasteiger partial charge >= 0.3 is 5.97 Å². The van der Waals surface area contributed by atoms with Gasteiger partial charge in [-0.2, -0.15) is 0 Å². The minimum Gasteiger partial charge on any atom is -0.469 e. The standard InChI is InChI=1S/C11H17N3O2/c1-11(2,12)8(6-10(15)16-3)9-4-5-13-7-14-9/h4-5,7-8H,6,12H2,1-3H3. The number of nitrogens with zero attached hydrogens (tertiary/aromatic N) is 2. The van der Waals surface area contributed by atoms with E-state index in [0.717, 1.165) is 5.69 Å². The van der Waals surface area contributed by atoms with E-state index in [4.69, 9.17) is 5.73 Å². The molecule has 88 valence electrons. The highest BCUT2D eigenvalue weighted by Crippen LogP contribution is 2.27. The van der Waals surface area contributed by atoms with Crippen LogP contribution in [0.3, 0.4) is 0 Å². The van der Waals surface area contributed by atoms with E-state index >= 15 is 0 Å². The molecule has 1 aromatic rings. The Morgan fingerprint density at radius 2 is 2.31 bits per heavy atom. The third-order valence-electron chi connectivity index (χ3n) is 2.46. The van der Waals surface area contributed by atoms with Gasteiger partial charge < -0.3 is 10.5 Å². The summed E-state index contributed by atoms with van der Waals surface area (Å²) in [5.74, 6) is -0.468. The van der Waals surface area contributed by atoms with Crippen LogP contribution in [0, 0.1) is 0 Å². The van der Waals surface area contributed by atoms with Crippen LogP contribution in [0.1, 0.15) is 31.9 Å². The van der Waals surface area contributed by atoms with Crippen molar-refractivity contribution in [1.29, 1.82) is 0 Å². The van der Waals surface area contributed by atoms with Crippen LogP contribution < -0.4 is 5.73 Å². The molecule has 1 atom stereocenters. The average molecular weight is 223 g/mol. The van der Waals surface area contributed by atoms with Crippen molar-refractivity contribution < 1.29 is 9.53 Å². The monoisotopic (exact) mass is 223 g/mol. The van der Waals surface area contributed by atoms with Gasteiger partial charge in [0.25, 0.3) is 0 Å². The molecule has 1 heterocycles. The van der Waals surface area contributed by atoms with Crippen molar-refractivity contribution in [2.45, 2.75) is 31.7 Å². The predicted molar refractivity (Wildman–Crippen MR) is 59.7 cm³/mol. The van der Waals surface area contributed by atoms with Crippen molar-refractivity contribution >= 4 is 5.97 Å². The summed E-state index contributed by atoms with van der Waals surface area (Å²) < 4.78 is 4.66. The largest absolute Gasteiger partial charge is 0.469 e. The van der Waals surface area contributed by atoms with E-state index in [1.807, 2.05) is 13.8 Å². The van der Waals surface area contributed by atoms with Gasteiger partial charge in [-0.05, 0) is 19.9 Å². The van der Waals surface area contributed by atoms with E-state index in [2.05, 4.69) is 14.7 Å². The number of carbonyl (C=O) groups excluding carboxylic acids is 1. The number of ether oxygens (including phenoxy) is 1. The quantitative estimate of drug-likeness (QED) is 0.766. The van der Waals surface area contributed by atoms with E-state index in [1.165, 1.54) is 13.4 Å². The first kappa shape index (κ1) is 12.6.